The van der Waals surface area contributed by atoms with Crippen molar-refractivity contribution in [2.75, 3.05) is 26.9 Å². The highest BCUT2D eigenvalue weighted by atomic mass is 16.5. The molecule has 2 rings (SSSR count). The lowest BCUT2D eigenvalue weighted by Gasteiger charge is -2.41. The van der Waals surface area contributed by atoms with Gasteiger partial charge in [-0.25, -0.2) is 0 Å². The van der Waals surface area contributed by atoms with Crippen molar-refractivity contribution in [3.05, 3.63) is 29.8 Å². The minimum atomic E-state index is -0.00851. The van der Waals surface area contributed by atoms with Crippen LogP contribution in [0.5, 0.6) is 5.75 Å². The first-order chi connectivity index (χ1) is 9.69. The van der Waals surface area contributed by atoms with E-state index < -0.39 is 0 Å². The molecule has 0 fully saturated rings. The van der Waals surface area contributed by atoms with E-state index in [1.54, 1.807) is 7.11 Å². The van der Waals surface area contributed by atoms with Crippen LogP contribution in [-0.4, -0.2) is 43.9 Å². The van der Waals surface area contributed by atoms with Gasteiger partial charge in [0.05, 0.1) is 18.7 Å². The molecule has 1 aliphatic rings. The standard InChI is InChI=1S/C16H26N2O2/c1-4-12(2)18(9-10-19-3)14-11-20-15-8-6-5-7-13(15)16(14)17/h5-8,12,14,16H,4,9-11,17H2,1-3H3. The van der Waals surface area contributed by atoms with Crippen molar-refractivity contribution in [1.82, 2.24) is 4.90 Å². The second kappa shape index (κ2) is 7.07. The van der Waals surface area contributed by atoms with Gasteiger partial charge in [0.15, 0.2) is 0 Å². The maximum atomic E-state index is 6.49. The van der Waals surface area contributed by atoms with Crippen LogP contribution in [0.1, 0.15) is 31.9 Å². The third-order valence-corrected chi connectivity index (χ3v) is 4.24. The van der Waals surface area contributed by atoms with Crippen molar-refractivity contribution >= 4 is 0 Å². The van der Waals surface area contributed by atoms with E-state index in [1.165, 1.54) is 0 Å². The number of nitrogens with two attached hydrogens (primary N) is 1. The minimum Gasteiger partial charge on any atom is -0.492 e. The van der Waals surface area contributed by atoms with Crippen molar-refractivity contribution in [1.29, 1.82) is 0 Å². The molecule has 3 atom stereocenters. The van der Waals surface area contributed by atoms with Crippen molar-refractivity contribution < 1.29 is 9.47 Å². The van der Waals surface area contributed by atoms with Crippen LogP contribution in [-0.2, 0) is 4.74 Å². The zero-order valence-electron chi connectivity index (χ0n) is 12.7. The molecule has 1 aliphatic heterocycles. The Hall–Kier alpha value is -1.10. The second-order valence-corrected chi connectivity index (χ2v) is 5.43. The Morgan fingerprint density at radius 3 is 2.90 bits per heavy atom. The molecule has 20 heavy (non-hydrogen) atoms. The molecule has 0 saturated heterocycles. The fourth-order valence-corrected chi connectivity index (χ4v) is 2.82. The number of hydrogen-bond donors (Lipinski definition) is 1. The van der Waals surface area contributed by atoms with E-state index in [2.05, 4.69) is 24.8 Å². The zero-order chi connectivity index (χ0) is 14.5. The average molecular weight is 278 g/mol. The Balaban J connectivity index is 2.18. The molecule has 1 heterocycles. The summed E-state index contributed by atoms with van der Waals surface area (Å²) in [6, 6.07) is 8.73. The molecule has 0 bridgehead atoms. The van der Waals surface area contributed by atoms with E-state index in [9.17, 15) is 0 Å². The largest absolute Gasteiger partial charge is 0.492 e. The highest BCUT2D eigenvalue weighted by Gasteiger charge is 2.33. The number of para-hydroxylation sites is 1. The van der Waals surface area contributed by atoms with Crippen LogP contribution in [0.4, 0.5) is 0 Å². The third-order valence-electron chi connectivity index (χ3n) is 4.24. The molecule has 0 aliphatic carbocycles. The zero-order valence-corrected chi connectivity index (χ0v) is 12.7. The summed E-state index contributed by atoms with van der Waals surface area (Å²) >= 11 is 0. The minimum absolute atomic E-state index is 0.00851. The van der Waals surface area contributed by atoms with E-state index >= 15 is 0 Å². The van der Waals surface area contributed by atoms with Crippen molar-refractivity contribution in [2.24, 2.45) is 5.73 Å². The van der Waals surface area contributed by atoms with E-state index in [1.807, 2.05) is 18.2 Å². The molecular formula is C16H26N2O2. The Morgan fingerprint density at radius 1 is 1.45 bits per heavy atom. The topological polar surface area (TPSA) is 47.7 Å². The predicted octanol–water partition coefficient (Wildman–Crippen LogP) is 2.19. The Morgan fingerprint density at radius 2 is 2.20 bits per heavy atom. The molecule has 1 aromatic rings. The molecule has 112 valence electrons. The summed E-state index contributed by atoms with van der Waals surface area (Å²) in [5, 5.41) is 0. The smallest absolute Gasteiger partial charge is 0.124 e. The molecule has 0 amide bonds. The van der Waals surface area contributed by atoms with Crippen LogP contribution < -0.4 is 10.5 Å². The molecule has 4 heteroatoms. The summed E-state index contributed by atoms with van der Waals surface area (Å²) in [5.41, 5.74) is 7.60. The summed E-state index contributed by atoms with van der Waals surface area (Å²) in [5.74, 6) is 0.923. The predicted molar refractivity (Wildman–Crippen MR) is 81.0 cm³/mol. The SMILES string of the molecule is CCC(C)N(CCOC)C1COc2ccccc2C1N. The van der Waals surface area contributed by atoms with E-state index in [4.69, 9.17) is 15.2 Å². The van der Waals surface area contributed by atoms with Gasteiger partial charge < -0.3 is 15.2 Å². The monoisotopic (exact) mass is 278 g/mol. The quantitative estimate of drug-likeness (QED) is 0.866. The highest BCUT2D eigenvalue weighted by Crippen LogP contribution is 2.33. The van der Waals surface area contributed by atoms with Gasteiger partial charge in [0.2, 0.25) is 0 Å². The number of ether oxygens (including phenoxy) is 2. The maximum absolute atomic E-state index is 6.49. The van der Waals surface area contributed by atoms with Crippen molar-refractivity contribution in [3.8, 4) is 5.75 Å². The van der Waals surface area contributed by atoms with Crippen molar-refractivity contribution in [2.45, 2.75) is 38.4 Å². The first-order valence-electron chi connectivity index (χ1n) is 7.41. The van der Waals surface area contributed by atoms with Gasteiger partial charge in [-0.1, -0.05) is 25.1 Å². The van der Waals surface area contributed by atoms with Crippen LogP contribution in [0, 0.1) is 0 Å². The van der Waals surface area contributed by atoms with Gasteiger partial charge in [0, 0.05) is 25.3 Å². The van der Waals surface area contributed by atoms with Gasteiger partial charge in [0.25, 0.3) is 0 Å². The fourth-order valence-electron chi connectivity index (χ4n) is 2.82. The molecule has 0 saturated carbocycles. The molecule has 1 aromatic carbocycles. The number of rotatable bonds is 6. The van der Waals surface area contributed by atoms with E-state index in [0.29, 0.717) is 12.6 Å². The van der Waals surface area contributed by atoms with E-state index in [-0.39, 0.29) is 12.1 Å². The van der Waals surface area contributed by atoms with Crippen LogP contribution >= 0.6 is 0 Å². The van der Waals surface area contributed by atoms with Gasteiger partial charge in [-0.2, -0.15) is 0 Å². The lowest BCUT2D eigenvalue weighted by Crippen LogP contribution is -2.53. The van der Waals surface area contributed by atoms with Crippen LogP contribution in [0.3, 0.4) is 0 Å². The average Bonchev–Trinajstić information content (AvgIpc) is 2.49. The molecule has 0 radical (unpaired) electrons. The first kappa shape index (κ1) is 15.3. The number of nitrogens with zero attached hydrogens (tertiary/aromatic N) is 1. The molecular weight excluding hydrogens is 252 g/mol. The highest BCUT2D eigenvalue weighted by molar-refractivity contribution is 5.38. The van der Waals surface area contributed by atoms with Gasteiger partial charge in [-0.15, -0.1) is 0 Å². The number of benzene rings is 1. The normalized spacial score (nSPS) is 23.2. The van der Waals surface area contributed by atoms with Gasteiger partial charge in [-0.05, 0) is 19.4 Å². The van der Waals surface area contributed by atoms with Crippen LogP contribution in [0.2, 0.25) is 0 Å². The maximum Gasteiger partial charge on any atom is 0.124 e. The molecule has 4 nitrogen and oxygen atoms in total. The number of hydrogen-bond acceptors (Lipinski definition) is 4. The summed E-state index contributed by atoms with van der Waals surface area (Å²) in [7, 11) is 1.74. The number of methoxy groups -OCH3 is 1. The fraction of sp³-hybridized carbons (Fsp3) is 0.625. The Kier molecular flexibility index (Phi) is 5.40. The van der Waals surface area contributed by atoms with Gasteiger partial charge >= 0.3 is 0 Å². The van der Waals surface area contributed by atoms with Crippen LogP contribution in [0.15, 0.2) is 24.3 Å². The van der Waals surface area contributed by atoms with E-state index in [0.717, 1.165) is 30.9 Å². The summed E-state index contributed by atoms with van der Waals surface area (Å²) < 4.78 is 11.1. The molecule has 0 spiro atoms. The lowest BCUT2D eigenvalue weighted by molar-refractivity contribution is 0.0422. The number of fused-ring (bicyclic) bond motifs is 1. The van der Waals surface area contributed by atoms with Gasteiger partial charge in [-0.3, -0.25) is 4.90 Å². The second-order valence-electron chi connectivity index (χ2n) is 5.43. The Bertz CT molecular complexity index is 425. The third kappa shape index (κ3) is 3.14. The lowest BCUT2D eigenvalue weighted by atomic mass is 9.94. The summed E-state index contributed by atoms with van der Waals surface area (Å²) in [4.78, 5) is 2.42. The van der Waals surface area contributed by atoms with Crippen LogP contribution in [0.25, 0.3) is 0 Å². The van der Waals surface area contributed by atoms with Gasteiger partial charge in [0.1, 0.15) is 12.4 Å². The first-order valence-corrected chi connectivity index (χ1v) is 7.41. The van der Waals surface area contributed by atoms with Crippen molar-refractivity contribution in [3.63, 3.8) is 0 Å². The molecule has 2 N–H and O–H groups in total. The molecule has 0 aromatic heterocycles. The molecule has 3 unspecified atom stereocenters. The Labute approximate surface area is 121 Å². The summed E-state index contributed by atoms with van der Waals surface area (Å²) in [6.45, 7) is 6.69. The summed E-state index contributed by atoms with van der Waals surface area (Å²) in [6.07, 6.45) is 1.09.